The molecule has 0 aromatic heterocycles. The van der Waals surface area contributed by atoms with Crippen molar-refractivity contribution in [3.8, 4) is 5.75 Å². The second kappa shape index (κ2) is 6.52. The number of thiocarbonyl (C=S) groups is 1. The maximum absolute atomic E-state index is 12.0. The predicted octanol–water partition coefficient (Wildman–Crippen LogP) is 1.95. The molecule has 1 N–H and O–H groups in total. The summed E-state index contributed by atoms with van der Waals surface area (Å²) < 4.78 is 5.14. The highest BCUT2D eigenvalue weighted by molar-refractivity contribution is 7.80. The van der Waals surface area contributed by atoms with E-state index in [1.807, 2.05) is 29.2 Å². The second-order valence-electron chi connectivity index (χ2n) is 5.75. The number of methoxy groups -OCH3 is 1. The highest BCUT2D eigenvalue weighted by Crippen LogP contribution is 2.31. The van der Waals surface area contributed by atoms with Crippen molar-refractivity contribution in [2.24, 2.45) is 5.92 Å². The summed E-state index contributed by atoms with van der Waals surface area (Å²) in [5.74, 6) is 1.45. The Morgan fingerprint density at radius 1 is 1.14 bits per heavy atom. The number of carbonyl (C=O) groups excluding carboxylic acids is 1. The number of carbonyl (C=O) groups is 1. The SMILES string of the molecule is COc1ccc(NC(=S)N2CCN(C(=O)C3CC3)CC2)cc1. The number of nitrogens with zero attached hydrogens (tertiary/aromatic N) is 2. The van der Waals surface area contributed by atoms with Crippen LogP contribution in [0.3, 0.4) is 0 Å². The average Bonchev–Trinajstić information content (AvgIpc) is 3.40. The standard InChI is InChI=1S/C16H21N3O2S/c1-21-14-6-4-13(5-7-14)17-16(22)19-10-8-18(9-11-19)15(20)12-2-3-12/h4-7,12H,2-3,8-11H2,1H3,(H,17,22). The third-order valence-electron chi connectivity index (χ3n) is 4.15. The van der Waals surface area contributed by atoms with E-state index in [0.717, 1.165) is 50.5 Å². The molecule has 0 bridgehead atoms. The second-order valence-corrected chi connectivity index (χ2v) is 6.13. The zero-order valence-electron chi connectivity index (χ0n) is 12.7. The molecule has 1 aliphatic heterocycles. The van der Waals surface area contributed by atoms with Crippen molar-refractivity contribution in [2.75, 3.05) is 38.6 Å². The summed E-state index contributed by atoms with van der Waals surface area (Å²) in [7, 11) is 1.65. The number of anilines is 1. The van der Waals surface area contributed by atoms with Crippen molar-refractivity contribution < 1.29 is 9.53 Å². The van der Waals surface area contributed by atoms with Crippen LogP contribution < -0.4 is 10.1 Å². The molecule has 3 rings (SSSR count). The Morgan fingerprint density at radius 2 is 1.73 bits per heavy atom. The summed E-state index contributed by atoms with van der Waals surface area (Å²) in [6.07, 6.45) is 2.13. The van der Waals surface area contributed by atoms with Crippen LogP contribution in [0.5, 0.6) is 5.75 Å². The van der Waals surface area contributed by atoms with E-state index in [2.05, 4.69) is 10.2 Å². The Balaban J connectivity index is 1.49. The summed E-state index contributed by atoms with van der Waals surface area (Å²) in [6, 6.07) is 7.68. The van der Waals surface area contributed by atoms with Gasteiger partial charge >= 0.3 is 0 Å². The summed E-state index contributed by atoms with van der Waals surface area (Å²) >= 11 is 5.47. The Bertz CT molecular complexity index is 549. The van der Waals surface area contributed by atoms with E-state index >= 15 is 0 Å². The molecule has 1 aliphatic carbocycles. The first-order chi connectivity index (χ1) is 10.7. The van der Waals surface area contributed by atoms with E-state index in [9.17, 15) is 4.79 Å². The molecule has 1 amide bonds. The lowest BCUT2D eigenvalue weighted by molar-refractivity contribution is -0.133. The Kier molecular flexibility index (Phi) is 4.47. The topological polar surface area (TPSA) is 44.8 Å². The van der Waals surface area contributed by atoms with Gasteiger partial charge in [-0.3, -0.25) is 4.79 Å². The molecule has 2 fully saturated rings. The van der Waals surface area contributed by atoms with Gasteiger partial charge in [-0.05, 0) is 49.3 Å². The van der Waals surface area contributed by atoms with Gasteiger partial charge in [-0.15, -0.1) is 0 Å². The number of nitrogens with one attached hydrogen (secondary N) is 1. The van der Waals surface area contributed by atoms with Gasteiger partial charge in [0.2, 0.25) is 5.91 Å². The van der Waals surface area contributed by atoms with E-state index in [0.29, 0.717) is 16.9 Å². The first-order valence-corrected chi connectivity index (χ1v) is 8.07. The van der Waals surface area contributed by atoms with E-state index in [1.54, 1.807) is 7.11 Å². The van der Waals surface area contributed by atoms with Gasteiger partial charge in [-0.2, -0.15) is 0 Å². The number of ether oxygens (including phenoxy) is 1. The maximum atomic E-state index is 12.0. The molecule has 0 unspecified atom stereocenters. The molecule has 118 valence electrons. The first kappa shape index (κ1) is 15.1. The van der Waals surface area contributed by atoms with E-state index in [1.165, 1.54) is 0 Å². The Morgan fingerprint density at radius 3 is 2.27 bits per heavy atom. The van der Waals surface area contributed by atoms with Crippen LogP contribution in [0.15, 0.2) is 24.3 Å². The summed E-state index contributed by atoms with van der Waals surface area (Å²) in [6.45, 7) is 3.11. The van der Waals surface area contributed by atoms with Crippen molar-refractivity contribution in [3.63, 3.8) is 0 Å². The zero-order valence-corrected chi connectivity index (χ0v) is 13.6. The highest BCUT2D eigenvalue weighted by Gasteiger charge is 2.34. The van der Waals surface area contributed by atoms with Crippen LogP contribution in [0.2, 0.25) is 0 Å². The van der Waals surface area contributed by atoms with Gasteiger partial charge in [0.05, 0.1) is 7.11 Å². The number of piperazine rings is 1. The molecule has 0 atom stereocenters. The summed E-state index contributed by atoms with van der Waals surface area (Å²) in [5, 5.41) is 3.95. The van der Waals surface area contributed by atoms with Gasteiger partial charge in [-0.1, -0.05) is 0 Å². The fraction of sp³-hybridized carbons (Fsp3) is 0.500. The van der Waals surface area contributed by atoms with Gasteiger partial charge in [0.15, 0.2) is 5.11 Å². The average molecular weight is 319 g/mol. The van der Waals surface area contributed by atoms with Crippen LogP contribution in [-0.4, -0.2) is 54.1 Å². The molecule has 6 heteroatoms. The fourth-order valence-electron chi connectivity index (χ4n) is 2.60. The van der Waals surface area contributed by atoms with Crippen molar-refractivity contribution >= 4 is 28.9 Å². The zero-order chi connectivity index (χ0) is 15.5. The smallest absolute Gasteiger partial charge is 0.225 e. The number of amides is 1. The fourth-order valence-corrected chi connectivity index (χ4v) is 2.90. The minimum Gasteiger partial charge on any atom is -0.497 e. The van der Waals surface area contributed by atoms with Crippen molar-refractivity contribution in [2.45, 2.75) is 12.8 Å². The largest absolute Gasteiger partial charge is 0.497 e. The van der Waals surface area contributed by atoms with Crippen molar-refractivity contribution in [3.05, 3.63) is 24.3 Å². The van der Waals surface area contributed by atoms with E-state index in [-0.39, 0.29) is 0 Å². The van der Waals surface area contributed by atoms with Crippen LogP contribution in [0.1, 0.15) is 12.8 Å². The monoisotopic (exact) mass is 319 g/mol. The molecule has 22 heavy (non-hydrogen) atoms. The van der Waals surface area contributed by atoms with Crippen LogP contribution in [0.4, 0.5) is 5.69 Å². The number of rotatable bonds is 3. The molecule has 0 spiro atoms. The molecular weight excluding hydrogens is 298 g/mol. The lowest BCUT2D eigenvalue weighted by atomic mass is 10.2. The van der Waals surface area contributed by atoms with E-state index < -0.39 is 0 Å². The number of hydrogen-bond donors (Lipinski definition) is 1. The molecule has 5 nitrogen and oxygen atoms in total. The summed E-state index contributed by atoms with van der Waals surface area (Å²) in [4.78, 5) is 16.1. The number of benzene rings is 1. The molecule has 1 aromatic rings. The van der Waals surface area contributed by atoms with Gasteiger partial charge in [0, 0.05) is 37.8 Å². The Hall–Kier alpha value is -1.82. The molecular formula is C16H21N3O2S. The lowest BCUT2D eigenvalue weighted by Gasteiger charge is -2.36. The Labute approximate surface area is 136 Å². The maximum Gasteiger partial charge on any atom is 0.225 e. The summed E-state index contributed by atoms with van der Waals surface area (Å²) in [5.41, 5.74) is 0.947. The number of hydrogen-bond acceptors (Lipinski definition) is 3. The first-order valence-electron chi connectivity index (χ1n) is 7.66. The molecule has 1 saturated carbocycles. The van der Waals surface area contributed by atoms with Crippen LogP contribution in [0, 0.1) is 5.92 Å². The molecule has 2 aliphatic rings. The van der Waals surface area contributed by atoms with Crippen LogP contribution >= 0.6 is 12.2 Å². The third kappa shape index (κ3) is 3.50. The molecule has 1 heterocycles. The minimum atomic E-state index is 0.302. The predicted molar refractivity (Wildman–Crippen MR) is 90.1 cm³/mol. The molecule has 0 radical (unpaired) electrons. The molecule has 1 aromatic carbocycles. The van der Waals surface area contributed by atoms with Gasteiger partial charge in [-0.25, -0.2) is 0 Å². The van der Waals surface area contributed by atoms with Crippen LogP contribution in [-0.2, 0) is 4.79 Å². The normalized spacial score (nSPS) is 18.0. The molecule has 1 saturated heterocycles. The minimum absolute atomic E-state index is 0.302. The van der Waals surface area contributed by atoms with Crippen LogP contribution in [0.25, 0.3) is 0 Å². The quantitative estimate of drug-likeness (QED) is 0.863. The van der Waals surface area contributed by atoms with Gasteiger partial charge in [0.1, 0.15) is 5.75 Å². The lowest BCUT2D eigenvalue weighted by Crippen LogP contribution is -2.52. The van der Waals surface area contributed by atoms with Gasteiger partial charge < -0.3 is 19.9 Å². The van der Waals surface area contributed by atoms with Gasteiger partial charge in [0.25, 0.3) is 0 Å². The third-order valence-corrected chi connectivity index (χ3v) is 4.51. The highest BCUT2D eigenvalue weighted by atomic mass is 32.1. The van der Waals surface area contributed by atoms with Crippen molar-refractivity contribution in [1.29, 1.82) is 0 Å². The van der Waals surface area contributed by atoms with E-state index in [4.69, 9.17) is 17.0 Å². The van der Waals surface area contributed by atoms with Crippen molar-refractivity contribution in [1.82, 2.24) is 9.80 Å².